The van der Waals surface area contributed by atoms with Gasteiger partial charge in [0.25, 0.3) is 0 Å². The first-order valence-electron chi connectivity index (χ1n) is 9.23. The molecule has 32 heavy (non-hydrogen) atoms. The molecule has 0 aliphatic carbocycles. The minimum Gasteiger partial charge on any atom is -0.493 e. The molecular formula is C22H18ClN3O6. The number of carbonyl (C=O) groups is 1. The summed E-state index contributed by atoms with van der Waals surface area (Å²) in [5, 5.41) is 25.1. The van der Waals surface area contributed by atoms with Crippen LogP contribution in [0.3, 0.4) is 0 Å². The van der Waals surface area contributed by atoms with Gasteiger partial charge in [0.15, 0.2) is 5.75 Å². The first-order valence-corrected chi connectivity index (χ1v) is 9.61. The Kier molecular flexibility index (Phi) is 7.25. The van der Waals surface area contributed by atoms with Crippen molar-refractivity contribution in [3.05, 3.63) is 92.5 Å². The standard InChI is InChI=1S/C22H18ClN3O6/c1-31-20-11-15(12-24-25-18-7-5-16(6-8-18)22(27)28)10-19(26(29)30)21(20)32-13-14-3-2-4-17(23)9-14/h2-12,25H,13H2,1H3,(H,27,28). The van der Waals surface area contributed by atoms with Gasteiger partial charge >= 0.3 is 11.7 Å². The molecule has 0 atom stereocenters. The SMILES string of the molecule is COc1cc(C=NNc2ccc(C(=O)O)cc2)cc([N+](=O)[O-])c1OCc1cccc(Cl)c1. The van der Waals surface area contributed by atoms with Crippen LogP contribution in [0.2, 0.25) is 5.02 Å². The maximum Gasteiger partial charge on any atom is 0.335 e. The summed E-state index contributed by atoms with van der Waals surface area (Å²) >= 11 is 5.97. The van der Waals surface area contributed by atoms with Crippen molar-refractivity contribution >= 4 is 35.2 Å². The summed E-state index contributed by atoms with van der Waals surface area (Å²) in [5.41, 5.74) is 4.30. The van der Waals surface area contributed by atoms with Gasteiger partial charge in [0.05, 0.1) is 29.5 Å². The lowest BCUT2D eigenvalue weighted by molar-refractivity contribution is -0.386. The predicted molar refractivity (Wildman–Crippen MR) is 120 cm³/mol. The Morgan fingerprint density at radius 1 is 1.22 bits per heavy atom. The number of ether oxygens (including phenoxy) is 2. The average molecular weight is 456 g/mol. The second-order valence-electron chi connectivity index (χ2n) is 6.50. The van der Waals surface area contributed by atoms with Crippen LogP contribution in [0.1, 0.15) is 21.5 Å². The molecule has 0 heterocycles. The summed E-state index contributed by atoms with van der Waals surface area (Å²) < 4.78 is 11.0. The number of hydrogen-bond acceptors (Lipinski definition) is 7. The van der Waals surface area contributed by atoms with Crippen LogP contribution < -0.4 is 14.9 Å². The van der Waals surface area contributed by atoms with Crippen molar-refractivity contribution in [3.63, 3.8) is 0 Å². The Labute approximate surface area is 188 Å². The normalized spacial score (nSPS) is 10.7. The highest BCUT2D eigenvalue weighted by Gasteiger charge is 2.22. The van der Waals surface area contributed by atoms with E-state index >= 15 is 0 Å². The fourth-order valence-corrected chi connectivity index (χ4v) is 2.98. The average Bonchev–Trinajstić information content (AvgIpc) is 2.77. The van der Waals surface area contributed by atoms with E-state index in [1.165, 1.54) is 31.5 Å². The Balaban J connectivity index is 1.79. The number of aromatic carboxylic acids is 1. The van der Waals surface area contributed by atoms with Crippen LogP contribution in [0.4, 0.5) is 11.4 Å². The number of halogens is 1. The van der Waals surface area contributed by atoms with E-state index in [0.717, 1.165) is 5.56 Å². The van der Waals surface area contributed by atoms with E-state index in [-0.39, 0.29) is 29.4 Å². The third kappa shape index (κ3) is 5.73. The van der Waals surface area contributed by atoms with Crippen molar-refractivity contribution in [2.45, 2.75) is 6.61 Å². The maximum absolute atomic E-state index is 11.6. The van der Waals surface area contributed by atoms with Crippen molar-refractivity contribution in [1.82, 2.24) is 0 Å². The summed E-state index contributed by atoms with van der Waals surface area (Å²) in [7, 11) is 1.38. The molecule has 0 bridgehead atoms. The van der Waals surface area contributed by atoms with Gasteiger partial charge in [-0.2, -0.15) is 5.10 Å². The zero-order valence-corrected chi connectivity index (χ0v) is 17.6. The Hall–Kier alpha value is -4.11. The summed E-state index contributed by atoms with van der Waals surface area (Å²) in [6, 6.07) is 15.8. The number of carboxylic acids is 1. The molecular weight excluding hydrogens is 438 g/mol. The molecule has 0 saturated carbocycles. The lowest BCUT2D eigenvalue weighted by Crippen LogP contribution is -2.03. The molecule has 164 valence electrons. The first kappa shape index (κ1) is 22.6. The summed E-state index contributed by atoms with van der Waals surface area (Å²) in [6.07, 6.45) is 1.38. The van der Waals surface area contributed by atoms with Crippen molar-refractivity contribution in [2.24, 2.45) is 5.10 Å². The third-order valence-corrected chi connectivity index (χ3v) is 4.52. The molecule has 3 rings (SSSR count). The number of anilines is 1. The Bertz CT molecular complexity index is 1160. The number of nitrogens with one attached hydrogen (secondary N) is 1. The number of hydrogen-bond donors (Lipinski definition) is 2. The summed E-state index contributed by atoms with van der Waals surface area (Å²) in [4.78, 5) is 22.0. The van der Waals surface area contributed by atoms with Gasteiger partial charge in [0.1, 0.15) is 6.61 Å². The molecule has 9 nitrogen and oxygen atoms in total. The van der Waals surface area contributed by atoms with Gasteiger partial charge in [0.2, 0.25) is 5.75 Å². The number of hydrazone groups is 1. The van der Waals surface area contributed by atoms with Gasteiger partial charge in [-0.3, -0.25) is 15.5 Å². The van der Waals surface area contributed by atoms with E-state index in [4.69, 9.17) is 26.2 Å². The Morgan fingerprint density at radius 3 is 2.59 bits per heavy atom. The number of carboxylic acid groups (broad SMARTS) is 1. The van der Waals surface area contributed by atoms with Crippen LogP contribution >= 0.6 is 11.6 Å². The fourth-order valence-electron chi connectivity index (χ4n) is 2.77. The molecule has 2 N–H and O–H groups in total. The number of nitrogens with zero attached hydrogens (tertiary/aromatic N) is 2. The second-order valence-corrected chi connectivity index (χ2v) is 6.94. The second kappa shape index (κ2) is 10.3. The number of nitro groups is 1. The van der Waals surface area contributed by atoms with Gasteiger partial charge in [-0.05, 0) is 48.0 Å². The van der Waals surface area contributed by atoms with Gasteiger partial charge in [-0.1, -0.05) is 23.7 Å². The van der Waals surface area contributed by atoms with Gasteiger partial charge in [-0.15, -0.1) is 0 Å². The third-order valence-electron chi connectivity index (χ3n) is 4.29. The molecule has 0 aliphatic rings. The van der Waals surface area contributed by atoms with Crippen LogP contribution in [0.25, 0.3) is 0 Å². The number of benzene rings is 3. The van der Waals surface area contributed by atoms with E-state index in [1.807, 2.05) is 0 Å². The van der Waals surface area contributed by atoms with Gasteiger partial charge < -0.3 is 14.6 Å². The van der Waals surface area contributed by atoms with Crippen LogP contribution in [-0.4, -0.2) is 29.3 Å². The number of rotatable bonds is 9. The molecule has 0 aromatic heterocycles. The van der Waals surface area contributed by atoms with Gasteiger partial charge in [0, 0.05) is 16.7 Å². The van der Waals surface area contributed by atoms with Crippen LogP contribution in [0.15, 0.2) is 65.8 Å². The highest BCUT2D eigenvalue weighted by atomic mass is 35.5. The van der Waals surface area contributed by atoms with Crippen molar-refractivity contribution in [2.75, 3.05) is 12.5 Å². The maximum atomic E-state index is 11.6. The molecule has 0 amide bonds. The zero-order chi connectivity index (χ0) is 23.1. The smallest absolute Gasteiger partial charge is 0.335 e. The largest absolute Gasteiger partial charge is 0.493 e. The van der Waals surface area contributed by atoms with Crippen LogP contribution in [0, 0.1) is 10.1 Å². The number of nitro benzene ring substituents is 1. The van der Waals surface area contributed by atoms with Crippen LogP contribution in [0.5, 0.6) is 11.5 Å². The minimum atomic E-state index is -1.03. The zero-order valence-electron chi connectivity index (χ0n) is 16.8. The predicted octanol–water partition coefficient (Wildman–Crippen LogP) is 4.98. The Morgan fingerprint density at radius 2 is 1.97 bits per heavy atom. The molecule has 0 spiro atoms. The summed E-state index contributed by atoms with van der Waals surface area (Å²) in [6.45, 7) is 0.0685. The first-order chi connectivity index (χ1) is 15.4. The topological polar surface area (TPSA) is 123 Å². The van der Waals surface area contributed by atoms with Crippen molar-refractivity contribution in [1.29, 1.82) is 0 Å². The summed E-state index contributed by atoms with van der Waals surface area (Å²) in [5.74, 6) is -0.863. The monoisotopic (exact) mass is 455 g/mol. The lowest BCUT2D eigenvalue weighted by atomic mass is 10.1. The molecule has 0 aliphatic heterocycles. The quantitative estimate of drug-likeness (QED) is 0.265. The van der Waals surface area contributed by atoms with E-state index in [9.17, 15) is 14.9 Å². The molecule has 10 heteroatoms. The molecule has 0 saturated heterocycles. The molecule has 0 radical (unpaired) electrons. The molecule has 0 fully saturated rings. The lowest BCUT2D eigenvalue weighted by Gasteiger charge is -2.12. The van der Waals surface area contributed by atoms with E-state index in [1.54, 1.807) is 42.5 Å². The minimum absolute atomic E-state index is 0.00755. The van der Waals surface area contributed by atoms with E-state index in [0.29, 0.717) is 16.3 Å². The van der Waals surface area contributed by atoms with Crippen LogP contribution in [-0.2, 0) is 6.61 Å². The number of methoxy groups -OCH3 is 1. The van der Waals surface area contributed by atoms with E-state index in [2.05, 4.69) is 10.5 Å². The molecule has 0 unspecified atom stereocenters. The fraction of sp³-hybridized carbons (Fsp3) is 0.0909. The van der Waals surface area contributed by atoms with Crippen molar-refractivity contribution in [3.8, 4) is 11.5 Å². The van der Waals surface area contributed by atoms with Gasteiger partial charge in [-0.25, -0.2) is 4.79 Å². The molecule has 3 aromatic rings. The highest BCUT2D eigenvalue weighted by molar-refractivity contribution is 6.30. The molecule has 3 aromatic carbocycles. The van der Waals surface area contributed by atoms with E-state index < -0.39 is 10.9 Å². The van der Waals surface area contributed by atoms with Crippen molar-refractivity contribution < 1.29 is 24.3 Å². The highest BCUT2D eigenvalue weighted by Crippen LogP contribution is 2.38.